The van der Waals surface area contributed by atoms with Crippen molar-refractivity contribution in [3.63, 3.8) is 0 Å². The van der Waals surface area contributed by atoms with E-state index in [0.29, 0.717) is 0 Å². The maximum Gasteiger partial charge on any atom is 0.258 e. The highest BCUT2D eigenvalue weighted by Gasteiger charge is 2.16. The Labute approximate surface area is 111 Å². The Morgan fingerprint density at radius 2 is 1.78 bits per heavy atom. The third kappa shape index (κ3) is 3.87. The Balaban J connectivity index is 1.88. The first kappa shape index (κ1) is 13.7. The summed E-state index contributed by atoms with van der Waals surface area (Å²) in [4.78, 5) is 1.23. The van der Waals surface area contributed by atoms with Crippen LogP contribution in [0.2, 0.25) is 0 Å². The van der Waals surface area contributed by atoms with Crippen LogP contribution in [-0.2, 0) is 0 Å². The van der Waals surface area contributed by atoms with E-state index in [1.807, 2.05) is 36.0 Å². The third-order valence-corrected chi connectivity index (χ3v) is 4.58. The van der Waals surface area contributed by atoms with Gasteiger partial charge >= 0.3 is 0 Å². The summed E-state index contributed by atoms with van der Waals surface area (Å²) >= 11 is 1.91. The summed E-state index contributed by atoms with van der Waals surface area (Å²) in [6.45, 7) is 1.49. The summed E-state index contributed by atoms with van der Waals surface area (Å²) < 4.78 is 24.8. The molecule has 0 aliphatic heterocycles. The minimum Gasteiger partial charge on any atom is -0.377 e. The average Bonchev–Trinajstić information content (AvgIpc) is 2.84. The lowest BCUT2D eigenvalue weighted by Gasteiger charge is -2.15. The summed E-state index contributed by atoms with van der Waals surface area (Å²) in [7, 11) is 0. The maximum atomic E-state index is 12.4. The number of halogens is 2. The zero-order chi connectivity index (χ0) is 13.0. The Morgan fingerprint density at radius 3 is 2.33 bits per heavy atom. The van der Waals surface area contributed by atoms with Crippen molar-refractivity contribution in [3.05, 3.63) is 24.3 Å². The highest BCUT2D eigenvalue weighted by molar-refractivity contribution is 8.00. The molecule has 1 aromatic carbocycles. The van der Waals surface area contributed by atoms with Crippen LogP contribution in [0.25, 0.3) is 0 Å². The van der Waals surface area contributed by atoms with Crippen LogP contribution < -0.4 is 5.32 Å². The van der Waals surface area contributed by atoms with E-state index in [2.05, 4.69) is 5.32 Å². The van der Waals surface area contributed by atoms with Gasteiger partial charge in [0.1, 0.15) is 0 Å². The Kier molecular flexibility index (Phi) is 4.87. The zero-order valence-electron chi connectivity index (χ0n) is 10.5. The first-order valence-corrected chi connectivity index (χ1v) is 7.34. The molecule has 0 heterocycles. The van der Waals surface area contributed by atoms with E-state index in [0.717, 1.165) is 10.9 Å². The summed E-state index contributed by atoms with van der Waals surface area (Å²) in [5, 5.41) is 3.54. The lowest BCUT2D eigenvalue weighted by atomic mass is 10.3. The number of thioether (sulfide) groups is 1. The van der Waals surface area contributed by atoms with Crippen molar-refractivity contribution < 1.29 is 8.78 Å². The van der Waals surface area contributed by atoms with Crippen LogP contribution in [0, 0.1) is 0 Å². The van der Waals surface area contributed by atoms with Crippen LogP contribution in [-0.4, -0.2) is 17.7 Å². The molecule has 1 aliphatic carbocycles. The van der Waals surface area contributed by atoms with E-state index < -0.39 is 12.5 Å². The first-order chi connectivity index (χ1) is 8.65. The van der Waals surface area contributed by atoms with Crippen molar-refractivity contribution >= 4 is 17.4 Å². The highest BCUT2D eigenvalue weighted by Crippen LogP contribution is 2.35. The fourth-order valence-electron chi connectivity index (χ4n) is 2.15. The molecule has 0 bridgehead atoms. The smallest absolute Gasteiger partial charge is 0.258 e. The van der Waals surface area contributed by atoms with Gasteiger partial charge in [-0.05, 0) is 44.0 Å². The molecule has 0 amide bonds. The quantitative estimate of drug-likeness (QED) is 0.826. The molecular weight excluding hydrogens is 252 g/mol. The predicted molar refractivity (Wildman–Crippen MR) is 73.6 cm³/mol. The number of nitrogens with one attached hydrogen (secondary N) is 1. The molecule has 1 nitrogen and oxygen atoms in total. The van der Waals surface area contributed by atoms with Gasteiger partial charge in [0, 0.05) is 15.8 Å². The van der Waals surface area contributed by atoms with Crippen molar-refractivity contribution in [2.45, 2.75) is 55.2 Å². The minimum absolute atomic E-state index is 0.740. The molecule has 0 aromatic heterocycles. The first-order valence-electron chi connectivity index (χ1n) is 6.46. The molecule has 0 radical (unpaired) electrons. The SMILES string of the molecule is CC(Nc1ccc(SC2CCCC2)cc1)C(F)F. The second-order valence-electron chi connectivity index (χ2n) is 4.82. The van der Waals surface area contributed by atoms with Crippen molar-refractivity contribution in [1.82, 2.24) is 0 Å². The Bertz CT molecular complexity index is 338. The molecule has 1 saturated carbocycles. The molecule has 4 heteroatoms. The molecule has 1 aliphatic rings. The van der Waals surface area contributed by atoms with Crippen molar-refractivity contribution in [1.29, 1.82) is 0 Å². The van der Waals surface area contributed by atoms with Gasteiger partial charge in [0.25, 0.3) is 6.43 Å². The number of hydrogen-bond acceptors (Lipinski definition) is 2. The summed E-state index contributed by atoms with van der Waals surface area (Å²) in [6.07, 6.45) is 2.93. The van der Waals surface area contributed by atoms with Crippen LogP contribution >= 0.6 is 11.8 Å². The second-order valence-corrected chi connectivity index (χ2v) is 6.19. The van der Waals surface area contributed by atoms with Crippen molar-refractivity contribution in [2.24, 2.45) is 0 Å². The Hall–Kier alpha value is -0.770. The van der Waals surface area contributed by atoms with Gasteiger partial charge in [-0.1, -0.05) is 12.8 Å². The van der Waals surface area contributed by atoms with E-state index in [-0.39, 0.29) is 0 Å². The van der Waals surface area contributed by atoms with E-state index in [1.165, 1.54) is 37.5 Å². The van der Waals surface area contributed by atoms with Crippen molar-refractivity contribution in [2.75, 3.05) is 5.32 Å². The van der Waals surface area contributed by atoms with Gasteiger partial charge in [0.05, 0.1) is 6.04 Å². The molecule has 100 valence electrons. The average molecular weight is 271 g/mol. The zero-order valence-corrected chi connectivity index (χ0v) is 11.4. The molecule has 1 fully saturated rings. The van der Waals surface area contributed by atoms with Gasteiger partial charge in [0.15, 0.2) is 0 Å². The standard InChI is InChI=1S/C14H19F2NS/c1-10(14(15)16)17-11-6-8-13(9-7-11)18-12-4-2-3-5-12/h6-10,12,14,17H,2-5H2,1H3. The number of hydrogen-bond donors (Lipinski definition) is 1. The van der Waals surface area contributed by atoms with Gasteiger partial charge in [0.2, 0.25) is 0 Å². The Morgan fingerprint density at radius 1 is 1.17 bits per heavy atom. The highest BCUT2D eigenvalue weighted by atomic mass is 32.2. The molecule has 1 N–H and O–H groups in total. The van der Waals surface area contributed by atoms with E-state index >= 15 is 0 Å². The largest absolute Gasteiger partial charge is 0.377 e. The van der Waals surface area contributed by atoms with E-state index in [1.54, 1.807) is 0 Å². The van der Waals surface area contributed by atoms with Gasteiger partial charge in [-0.25, -0.2) is 8.78 Å². The van der Waals surface area contributed by atoms with Crippen LogP contribution in [0.3, 0.4) is 0 Å². The molecule has 18 heavy (non-hydrogen) atoms. The third-order valence-electron chi connectivity index (χ3n) is 3.23. The molecule has 1 atom stereocenters. The van der Waals surface area contributed by atoms with E-state index in [9.17, 15) is 8.78 Å². The molecule has 1 aromatic rings. The lowest BCUT2D eigenvalue weighted by molar-refractivity contribution is 0.131. The van der Waals surface area contributed by atoms with Gasteiger partial charge in [-0.2, -0.15) is 0 Å². The molecule has 0 saturated heterocycles. The van der Waals surface area contributed by atoms with Crippen LogP contribution in [0.1, 0.15) is 32.6 Å². The number of rotatable bonds is 5. The van der Waals surface area contributed by atoms with Gasteiger partial charge in [-0.15, -0.1) is 11.8 Å². The minimum atomic E-state index is -2.34. The van der Waals surface area contributed by atoms with Crippen LogP contribution in [0.15, 0.2) is 29.2 Å². The predicted octanol–water partition coefficient (Wildman–Crippen LogP) is 4.79. The van der Waals surface area contributed by atoms with E-state index in [4.69, 9.17) is 0 Å². The normalized spacial score (nSPS) is 18.2. The molecule has 2 rings (SSSR count). The molecule has 1 unspecified atom stereocenters. The molecule has 0 spiro atoms. The van der Waals surface area contributed by atoms with Gasteiger partial charge in [-0.3, -0.25) is 0 Å². The van der Waals surface area contributed by atoms with Crippen molar-refractivity contribution in [3.8, 4) is 0 Å². The topological polar surface area (TPSA) is 12.0 Å². The number of alkyl halides is 2. The van der Waals surface area contributed by atoms with Gasteiger partial charge < -0.3 is 5.32 Å². The molecular formula is C14H19F2NS. The summed E-state index contributed by atoms with van der Waals surface area (Å²) in [6, 6.07) is 7.00. The van der Waals surface area contributed by atoms with Crippen LogP contribution in [0.4, 0.5) is 14.5 Å². The van der Waals surface area contributed by atoms with Crippen LogP contribution in [0.5, 0.6) is 0 Å². The maximum absolute atomic E-state index is 12.4. The number of anilines is 1. The fraction of sp³-hybridized carbons (Fsp3) is 0.571. The number of benzene rings is 1. The lowest BCUT2D eigenvalue weighted by Crippen LogP contribution is -2.23. The fourth-order valence-corrected chi connectivity index (χ4v) is 3.40. The second kappa shape index (κ2) is 6.41. The summed E-state index contributed by atoms with van der Waals surface area (Å²) in [5.74, 6) is 0. The monoisotopic (exact) mass is 271 g/mol. The summed E-state index contributed by atoms with van der Waals surface area (Å²) in [5.41, 5.74) is 0.763.